The molecule has 0 saturated carbocycles. The number of nitrogens with one attached hydrogen (secondary N) is 1. The smallest absolute Gasteiger partial charge is 0.450 e. The van der Waals surface area contributed by atoms with Crippen LogP contribution in [0.2, 0.25) is 0 Å². The van der Waals surface area contributed by atoms with Crippen LogP contribution in [-0.2, 0) is 14.1 Å². The summed E-state index contributed by atoms with van der Waals surface area (Å²) >= 11 is 7.19. The molecule has 0 fully saturated rings. The van der Waals surface area contributed by atoms with Crippen LogP contribution in [0.5, 0.6) is 0 Å². The van der Waals surface area contributed by atoms with Crippen molar-refractivity contribution >= 4 is 47.1 Å². The molecule has 76 valence electrons. The van der Waals surface area contributed by atoms with Gasteiger partial charge in [-0.25, -0.2) is 0 Å². The summed E-state index contributed by atoms with van der Waals surface area (Å²) in [7, 11) is -2.03. The van der Waals surface area contributed by atoms with Crippen molar-refractivity contribution in [2.24, 2.45) is 0 Å². The van der Waals surface area contributed by atoms with Crippen molar-refractivity contribution in [1.29, 1.82) is 0 Å². The Morgan fingerprint density at radius 3 is 2.69 bits per heavy atom. The standard InChI is InChI=1S/C6H11ClINO3P/c1-3-5(8)12-6(10)4(2)9-13(7)11/h4-5H,3H2,1-2H3,(H,9,11)/q+1/t4-,5?/m0/s1. The first-order valence-corrected chi connectivity index (χ1v) is 7.12. The summed E-state index contributed by atoms with van der Waals surface area (Å²) in [6.45, 7) is 3.46. The zero-order valence-corrected chi connectivity index (χ0v) is 11.1. The molecule has 4 nitrogen and oxygen atoms in total. The predicted octanol–water partition coefficient (Wildman–Crippen LogP) is 2.58. The molecule has 7 heteroatoms. The average molecular weight is 338 g/mol. The van der Waals surface area contributed by atoms with Gasteiger partial charge in [0.05, 0.1) is 0 Å². The number of carbonyl (C=O) groups excluding carboxylic acids is 1. The highest BCUT2D eigenvalue weighted by Gasteiger charge is 2.25. The lowest BCUT2D eigenvalue weighted by Gasteiger charge is -2.11. The maximum absolute atomic E-state index is 11.2. The van der Waals surface area contributed by atoms with Crippen LogP contribution in [0.1, 0.15) is 20.3 Å². The van der Waals surface area contributed by atoms with Crippen LogP contribution in [0.4, 0.5) is 0 Å². The first-order chi connectivity index (χ1) is 5.97. The van der Waals surface area contributed by atoms with Crippen molar-refractivity contribution in [2.75, 3.05) is 0 Å². The van der Waals surface area contributed by atoms with Gasteiger partial charge in [0.15, 0.2) is 4.11 Å². The number of esters is 1. The summed E-state index contributed by atoms with van der Waals surface area (Å²) < 4.78 is 15.3. The molecule has 0 aromatic carbocycles. The van der Waals surface area contributed by atoms with E-state index in [4.69, 9.17) is 16.0 Å². The molecule has 0 aliphatic heterocycles. The molecule has 0 radical (unpaired) electrons. The minimum absolute atomic E-state index is 0.150. The lowest BCUT2D eigenvalue weighted by Crippen LogP contribution is -2.31. The van der Waals surface area contributed by atoms with Crippen molar-refractivity contribution in [2.45, 2.75) is 30.4 Å². The third kappa shape index (κ3) is 6.60. The Morgan fingerprint density at radius 2 is 2.31 bits per heavy atom. The minimum atomic E-state index is -2.03. The molecular formula is C6H11ClINO3P+. The number of rotatable bonds is 5. The second kappa shape index (κ2) is 6.92. The molecule has 0 heterocycles. The van der Waals surface area contributed by atoms with Gasteiger partial charge in [0.25, 0.3) is 0 Å². The van der Waals surface area contributed by atoms with E-state index in [1.54, 1.807) is 6.92 Å². The largest absolute Gasteiger partial charge is 0.554 e. The number of ether oxygens (including phenoxy) is 1. The molecule has 1 N–H and O–H groups in total. The predicted molar refractivity (Wildman–Crippen MR) is 60.2 cm³/mol. The Kier molecular flexibility index (Phi) is 7.22. The zero-order valence-electron chi connectivity index (χ0n) is 7.29. The van der Waals surface area contributed by atoms with Crippen LogP contribution < -0.4 is 5.09 Å². The van der Waals surface area contributed by atoms with Crippen molar-refractivity contribution < 1.29 is 14.1 Å². The summed E-state index contributed by atoms with van der Waals surface area (Å²) in [6.07, 6.45) is 0.742. The van der Waals surface area contributed by atoms with Crippen LogP contribution in [0.25, 0.3) is 0 Å². The number of hydrogen-bond acceptors (Lipinski definition) is 3. The maximum Gasteiger partial charge on any atom is 0.554 e. The van der Waals surface area contributed by atoms with Gasteiger partial charge in [-0.2, -0.15) is 0 Å². The Hall–Kier alpha value is 0.550. The fraction of sp³-hybridized carbons (Fsp3) is 0.833. The molecule has 2 unspecified atom stereocenters. The quantitative estimate of drug-likeness (QED) is 0.362. The van der Waals surface area contributed by atoms with Crippen LogP contribution in [-0.4, -0.2) is 16.1 Å². The van der Waals surface area contributed by atoms with E-state index in [1.807, 2.05) is 29.5 Å². The van der Waals surface area contributed by atoms with E-state index in [1.165, 1.54) is 0 Å². The third-order valence-electron chi connectivity index (χ3n) is 1.21. The molecule has 0 aromatic heterocycles. The molecule has 0 spiro atoms. The van der Waals surface area contributed by atoms with Gasteiger partial charge in [0.2, 0.25) is 11.2 Å². The average Bonchev–Trinajstić information content (AvgIpc) is 2.02. The van der Waals surface area contributed by atoms with E-state index in [0.29, 0.717) is 0 Å². The van der Waals surface area contributed by atoms with E-state index in [-0.39, 0.29) is 4.11 Å². The Balaban J connectivity index is 3.89. The fourth-order valence-corrected chi connectivity index (χ4v) is 1.62. The first kappa shape index (κ1) is 13.5. The fourth-order valence-electron chi connectivity index (χ4n) is 0.516. The lowest BCUT2D eigenvalue weighted by molar-refractivity contribution is -0.146. The summed E-state index contributed by atoms with van der Waals surface area (Å²) in [5, 5.41) is 2.37. The van der Waals surface area contributed by atoms with Crippen molar-refractivity contribution in [1.82, 2.24) is 5.09 Å². The van der Waals surface area contributed by atoms with E-state index in [9.17, 15) is 9.36 Å². The van der Waals surface area contributed by atoms with Gasteiger partial charge < -0.3 is 4.74 Å². The number of hydrogen-bond donors (Lipinski definition) is 1. The van der Waals surface area contributed by atoms with E-state index >= 15 is 0 Å². The monoisotopic (exact) mass is 338 g/mol. The molecule has 13 heavy (non-hydrogen) atoms. The molecule has 0 aliphatic rings. The van der Waals surface area contributed by atoms with Gasteiger partial charge in [0, 0.05) is 0 Å². The molecule has 0 saturated heterocycles. The highest BCUT2D eigenvalue weighted by Crippen LogP contribution is 2.21. The van der Waals surface area contributed by atoms with Crippen LogP contribution in [0, 0.1) is 0 Å². The van der Waals surface area contributed by atoms with Crippen LogP contribution in [0.3, 0.4) is 0 Å². The molecule has 0 amide bonds. The van der Waals surface area contributed by atoms with E-state index < -0.39 is 19.3 Å². The van der Waals surface area contributed by atoms with Crippen LogP contribution in [0.15, 0.2) is 0 Å². The van der Waals surface area contributed by atoms with Crippen molar-refractivity contribution in [3.8, 4) is 0 Å². The van der Waals surface area contributed by atoms with Gasteiger partial charge in [-0.3, -0.25) is 4.79 Å². The lowest BCUT2D eigenvalue weighted by atomic mass is 10.4. The molecule has 0 aliphatic carbocycles. The van der Waals surface area contributed by atoms with Gasteiger partial charge >= 0.3 is 13.3 Å². The zero-order chi connectivity index (χ0) is 10.4. The first-order valence-electron chi connectivity index (χ1n) is 3.71. The minimum Gasteiger partial charge on any atom is -0.450 e. The van der Waals surface area contributed by atoms with Crippen molar-refractivity contribution in [3.63, 3.8) is 0 Å². The summed E-state index contributed by atoms with van der Waals surface area (Å²) in [6, 6.07) is -0.634. The Labute approximate surface area is 96.5 Å². The topological polar surface area (TPSA) is 55.4 Å². The highest BCUT2D eigenvalue weighted by atomic mass is 127. The second-order valence-electron chi connectivity index (χ2n) is 2.35. The summed E-state index contributed by atoms with van der Waals surface area (Å²) in [4.78, 5) is 11.2. The molecule has 0 rings (SSSR count). The van der Waals surface area contributed by atoms with E-state index in [2.05, 4.69) is 5.09 Å². The number of halogens is 2. The molecule has 0 bridgehead atoms. The molecule has 3 atom stereocenters. The number of alkyl halides is 1. The summed E-state index contributed by atoms with van der Waals surface area (Å²) in [5.41, 5.74) is 0. The van der Waals surface area contributed by atoms with Gasteiger partial charge in [0.1, 0.15) is 6.04 Å². The number of carbonyl (C=O) groups is 1. The normalized spacial score (nSPS) is 16.2. The second-order valence-corrected chi connectivity index (χ2v) is 5.41. The van der Waals surface area contributed by atoms with Gasteiger partial charge in [-0.15, -0.1) is 0 Å². The van der Waals surface area contributed by atoms with Crippen LogP contribution >= 0.6 is 41.1 Å². The Morgan fingerprint density at radius 1 is 1.77 bits per heavy atom. The van der Waals surface area contributed by atoms with Crippen molar-refractivity contribution in [3.05, 3.63) is 0 Å². The highest BCUT2D eigenvalue weighted by molar-refractivity contribution is 14.1. The Bertz CT molecular complexity index is 204. The SMILES string of the molecule is CCC(I)OC(=O)[C@H](C)N[P+](=O)Cl. The maximum atomic E-state index is 11.2. The summed E-state index contributed by atoms with van der Waals surface area (Å²) in [5.74, 6) is -0.440. The molecule has 0 aromatic rings. The third-order valence-corrected chi connectivity index (χ3v) is 3.23. The van der Waals surface area contributed by atoms with Gasteiger partial charge in [-0.1, -0.05) is 12.0 Å². The van der Waals surface area contributed by atoms with Gasteiger partial charge in [-0.05, 0) is 40.5 Å². The molecular weight excluding hydrogens is 327 g/mol. The van der Waals surface area contributed by atoms with E-state index in [0.717, 1.165) is 6.42 Å².